The second kappa shape index (κ2) is 9.23. The number of fused-ring (bicyclic) bond motifs is 1. The van der Waals surface area contributed by atoms with Crippen LogP contribution in [0.25, 0.3) is 11.0 Å². The topological polar surface area (TPSA) is 47.4 Å². The fraction of sp³-hybridized carbons (Fsp3) is 0.440. The van der Waals surface area contributed by atoms with Crippen LogP contribution in [0.5, 0.6) is 0 Å². The predicted octanol–water partition coefficient (Wildman–Crippen LogP) is 5.97. The van der Waals surface area contributed by atoms with E-state index in [-0.39, 0.29) is 18.1 Å². The highest BCUT2D eigenvalue weighted by molar-refractivity contribution is 6.30. The van der Waals surface area contributed by atoms with Crippen LogP contribution in [0.1, 0.15) is 54.8 Å². The second-order valence-electron chi connectivity index (χ2n) is 8.96. The fourth-order valence-corrected chi connectivity index (χ4v) is 5.07. The molecule has 34 heavy (non-hydrogen) atoms. The first-order valence-electron chi connectivity index (χ1n) is 11.5. The van der Waals surface area contributed by atoms with Crippen LogP contribution in [-0.4, -0.2) is 40.1 Å². The molecule has 0 aliphatic carbocycles. The molecule has 0 spiro atoms. The summed E-state index contributed by atoms with van der Waals surface area (Å²) in [6.07, 6.45) is -1.20. The molecule has 2 aliphatic heterocycles. The van der Waals surface area contributed by atoms with Crippen LogP contribution in [0, 0.1) is 0 Å². The molecule has 3 heterocycles. The Bertz CT molecular complexity index is 1180. The van der Waals surface area contributed by atoms with Crippen molar-refractivity contribution in [3.05, 3.63) is 64.4 Å². The maximum atomic E-state index is 13.3. The SMILES string of the molecule is O=C(Cc1ccc(Cl)cc1)N1CCC(n2c(C3CCCO3)nc3cc(C(F)(F)F)ccc32)CC1. The standard InChI is InChI=1S/C25H25ClF3N3O2/c26-18-6-3-16(4-7-18)14-23(33)31-11-9-19(10-12-31)32-21-8-5-17(25(27,28)29)15-20(21)30-24(32)22-2-1-13-34-22/h3-8,15,19,22H,1-2,9-14H2. The average Bonchev–Trinajstić information content (AvgIpc) is 3.47. The van der Waals surface area contributed by atoms with Gasteiger partial charge in [-0.2, -0.15) is 13.2 Å². The van der Waals surface area contributed by atoms with Gasteiger partial charge in [-0.25, -0.2) is 4.98 Å². The quantitative estimate of drug-likeness (QED) is 0.452. The van der Waals surface area contributed by atoms with Gasteiger partial charge in [-0.1, -0.05) is 23.7 Å². The monoisotopic (exact) mass is 491 g/mol. The number of hydrogen-bond acceptors (Lipinski definition) is 3. The van der Waals surface area contributed by atoms with E-state index in [0.717, 1.165) is 30.5 Å². The molecule has 9 heteroatoms. The summed E-state index contributed by atoms with van der Waals surface area (Å²) in [5.41, 5.74) is 1.23. The summed E-state index contributed by atoms with van der Waals surface area (Å²) in [7, 11) is 0. The molecule has 1 unspecified atom stereocenters. The first kappa shape index (κ1) is 23.2. The Morgan fingerprint density at radius 1 is 1.09 bits per heavy atom. The molecule has 0 bridgehead atoms. The lowest BCUT2D eigenvalue weighted by Gasteiger charge is -2.34. The van der Waals surface area contributed by atoms with Crippen molar-refractivity contribution in [1.29, 1.82) is 0 Å². The van der Waals surface area contributed by atoms with Gasteiger partial charge in [0.15, 0.2) is 0 Å². The van der Waals surface area contributed by atoms with Gasteiger partial charge in [0, 0.05) is 30.8 Å². The number of carbonyl (C=O) groups excluding carboxylic acids is 1. The minimum Gasteiger partial charge on any atom is -0.370 e. The lowest BCUT2D eigenvalue weighted by molar-refractivity contribution is -0.137. The number of nitrogens with zero attached hydrogens (tertiary/aromatic N) is 3. The van der Waals surface area contributed by atoms with Crippen LogP contribution < -0.4 is 0 Å². The molecule has 2 saturated heterocycles. The van der Waals surface area contributed by atoms with Crippen LogP contribution in [-0.2, 0) is 22.1 Å². The number of carbonyl (C=O) groups is 1. The molecule has 2 fully saturated rings. The predicted molar refractivity (Wildman–Crippen MR) is 123 cm³/mol. The molecule has 0 N–H and O–H groups in total. The highest BCUT2D eigenvalue weighted by Gasteiger charge is 2.34. The van der Waals surface area contributed by atoms with Gasteiger partial charge in [-0.05, 0) is 61.6 Å². The molecule has 1 amide bonds. The van der Waals surface area contributed by atoms with E-state index in [0.29, 0.717) is 60.8 Å². The number of piperidine rings is 1. The van der Waals surface area contributed by atoms with E-state index >= 15 is 0 Å². The van der Waals surface area contributed by atoms with E-state index in [2.05, 4.69) is 9.55 Å². The largest absolute Gasteiger partial charge is 0.416 e. The summed E-state index contributed by atoms with van der Waals surface area (Å²) in [5, 5.41) is 0.633. The lowest BCUT2D eigenvalue weighted by atomic mass is 10.0. The summed E-state index contributed by atoms with van der Waals surface area (Å²) >= 11 is 5.93. The zero-order chi connectivity index (χ0) is 23.9. The van der Waals surface area contributed by atoms with Crippen molar-refractivity contribution >= 4 is 28.5 Å². The van der Waals surface area contributed by atoms with Gasteiger partial charge >= 0.3 is 6.18 Å². The molecule has 0 radical (unpaired) electrons. The van der Waals surface area contributed by atoms with Crippen LogP contribution in [0.15, 0.2) is 42.5 Å². The minimum atomic E-state index is -4.42. The number of rotatable bonds is 4. The van der Waals surface area contributed by atoms with E-state index in [1.165, 1.54) is 6.07 Å². The Morgan fingerprint density at radius 2 is 1.82 bits per heavy atom. The normalized spacial score (nSPS) is 19.8. The van der Waals surface area contributed by atoms with E-state index in [1.54, 1.807) is 12.1 Å². The van der Waals surface area contributed by atoms with E-state index in [1.807, 2.05) is 17.0 Å². The minimum absolute atomic E-state index is 0.0421. The summed E-state index contributed by atoms with van der Waals surface area (Å²) in [4.78, 5) is 19.3. The van der Waals surface area contributed by atoms with Crippen molar-refractivity contribution in [2.24, 2.45) is 0 Å². The molecule has 2 aromatic carbocycles. The number of halogens is 4. The first-order chi connectivity index (χ1) is 16.3. The third-order valence-electron chi connectivity index (χ3n) is 6.71. The number of ether oxygens (including phenoxy) is 1. The average molecular weight is 492 g/mol. The Hall–Kier alpha value is -2.58. The lowest BCUT2D eigenvalue weighted by Crippen LogP contribution is -2.40. The number of alkyl halides is 3. The van der Waals surface area contributed by atoms with Crippen molar-refractivity contribution in [2.45, 2.75) is 50.4 Å². The van der Waals surface area contributed by atoms with Gasteiger partial charge in [0.1, 0.15) is 11.9 Å². The van der Waals surface area contributed by atoms with Crippen molar-refractivity contribution in [2.75, 3.05) is 19.7 Å². The Morgan fingerprint density at radius 3 is 2.47 bits per heavy atom. The number of imidazole rings is 1. The molecule has 1 atom stereocenters. The summed E-state index contributed by atoms with van der Waals surface area (Å²) in [6.45, 7) is 1.80. The zero-order valence-electron chi connectivity index (χ0n) is 18.5. The molecular formula is C25H25ClF3N3O2. The Balaban J connectivity index is 1.37. The second-order valence-corrected chi connectivity index (χ2v) is 9.39. The zero-order valence-corrected chi connectivity index (χ0v) is 19.3. The third-order valence-corrected chi connectivity index (χ3v) is 6.96. The van der Waals surface area contributed by atoms with Crippen LogP contribution >= 0.6 is 11.6 Å². The molecular weight excluding hydrogens is 467 g/mol. The van der Waals surface area contributed by atoms with Crippen molar-refractivity contribution < 1.29 is 22.7 Å². The van der Waals surface area contributed by atoms with Crippen molar-refractivity contribution in [3.8, 4) is 0 Å². The van der Waals surface area contributed by atoms with Gasteiger partial charge in [-0.3, -0.25) is 4.79 Å². The molecule has 180 valence electrons. The fourth-order valence-electron chi connectivity index (χ4n) is 4.95. The van der Waals surface area contributed by atoms with Crippen molar-refractivity contribution in [3.63, 3.8) is 0 Å². The summed E-state index contributed by atoms with van der Waals surface area (Å²) in [5.74, 6) is 0.753. The summed E-state index contributed by atoms with van der Waals surface area (Å²) < 4.78 is 47.7. The Labute approximate surface area is 200 Å². The first-order valence-corrected chi connectivity index (χ1v) is 11.9. The molecule has 3 aromatic rings. The number of likely N-dealkylation sites (tertiary alicyclic amines) is 1. The van der Waals surface area contributed by atoms with Gasteiger partial charge in [0.05, 0.1) is 23.0 Å². The Kier molecular flexibility index (Phi) is 6.29. The summed E-state index contributed by atoms with van der Waals surface area (Å²) in [6, 6.07) is 11.1. The number of aromatic nitrogens is 2. The van der Waals surface area contributed by atoms with Crippen LogP contribution in [0.2, 0.25) is 5.02 Å². The van der Waals surface area contributed by atoms with Crippen molar-refractivity contribution in [1.82, 2.24) is 14.5 Å². The van der Waals surface area contributed by atoms with Gasteiger partial charge < -0.3 is 14.2 Å². The van der Waals surface area contributed by atoms with E-state index in [4.69, 9.17) is 16.3 Å². The highest BCUT2D eigenvalue weighted by atomic mass is 35.5. The number of hydrogen-bond donors (Lipinski definition) is 0. The molecule has 0 saturated carbocycles. The number of amides is 1. The molecule has 5 nitrogen and oxygen atoms in total. The van der Waals surface area contributed by atoms with Gasteiger partial charge in [-0.15, -0.1) is 0 Å². The van der Waals surface area contributed by atoms with Gasteiger partial charge in [0.25, 0.3) is 0 Å². The molecule has 5 rings (SSSR count). The van der Waals surface area contributed by atoms with E-state index < -0.39 is 11.7 Å². The van der Waals surface area contributed by atoms with Gasteiger partial charge in [0.2, 0.25) is 5.91 Å². The van der Waals surface area contributed by atoms with Crippen LogP contribution in [0.4, 0.5) is 13.2 Å². The number of benzene rings is 2. The maximum absolute atomic E-state index is 13.3. The molecule has 1 aromatic heterocycles. The third kappa shape index (κ3) is 4.66. The smallest absolute Gasteiger partial charge is 0.370 e. The maximum Gasteiger partial charge on any atom is 0.416 e. The molecule has 2 aliphatic rings. The highest BCUT2D eigenvalue weighted by Crippen LogP contribution is 2.38. The van der Waals surface area contributed by atoms with E-state index in [9.17, 15) is 18.0 Å². The van der Waals surface area contributed by atoms with Crippen LogP contribution in [0.3, 0.4) is 0 Å².